The molecule has 2 aromatic carbocycles. The molecule has 0 atom stereocenters. The van der Waals surface area contributed by atoms with E-state index in [-0.39, 0.29) is 0 Å². The molecule has 0 heterocycles. The van der Waals surface area contributed by atoms with Crippen LogP contribution in [0.25, 0.3) is 0 Å². The highest BCUT2D eigenvalue weighted by Gasteiger charge is 2.06. The third kappa shape index (κ3) is 2.90. The minimum Gasteiger partial charge on any atom is -0.326 e. The number of nitrogens with two attached hydrogens (primary N) is 1. The summed E-state index contributed by atoms with van der Waals surface area (Å²) in [4.78, 5) is 2.55. The van der Waals surface area contributed by atoms with Crippen molar-refractivity contribution in [1.82, 2.24) is 0 Å². The van der Waals surface area contributed by atoms with Crippen LogP contribution in [0.15, 0.2) is 52.3 Å². The van der Waals surface area contributed by atoms with E-state index in [9.17, 15) is 0 Å². The van der Waals surface area contributed by atoms with Crippen LogP contribution in [0, 0.1) is 13.8 Å². The third-order valence-electron chi connectivity index (χ3n) is 2.75. The van der Waals surface area contributed by atoms with Gasteiger partial charge in [0, 0.05) is 16.3 Å². The first-order chi connectivity index (χ1) is 8.20. The molecule has 0 aliphatic rings. The molecule has 2 rings (SSSR count). The monoisotopic (exact) mass is 243 g/mol. The molecule has 2 aromatic rings. The lowest BCUT2D eigenvalue weighted by Crippen LogP contribution is -1.99. The third-order valence-corrected chi connectivity index (χ3v) is 4.05. The fourth-order valence-corrected chi connectivity index (χ4v) is 2.76. The average Bonchev–Trinajstić information content (AvgIpc) is 2.34. The molecule has 1 nitrogen and oxygen atoms in total. The van der Waals surface area contributed by atoms with E-state index in [1.807, 2.05) is 0 Å². The summed E-state index contributed by atoms with van der Waals surface area (Å²) in [5.74, 6) is 0. The molecule has 2 N–H and O–H groups in total. The summed E-state index contributed by atoms with van der Waals surface area (Å²) in [6.45, 7) is 4.83. The Morgan fingerprint density at radius 1 is 1.00 bits per heavy atom. The van der Waals surface area contributed by atoms with Crippen LogP contribution in [0.3, 0.4) is 0 Å². The van der Waals surface area contributed by atoms with Crippen molar-refractivity contribution in [2.75, 3.05) is 0 Å². The Balaban J connectivity index is 2.32. The summed E-state index contributed by atoms with van der Waals surface area (Å²) >= 11 is 1.79. The Morgan fingerprint density at radius 2 is 1.71 bits per heavy atom. The minimum atomic E-state index is 0.593. The Hall–Kier alpha value is -1.25. The fourth-order valence-electron chi connectivity index (χ4n) is 1.74. The molecule has 0 aliphatic heterocycles. The van der Waals surface area contributed by atoms with Crippen LogP contribution < -0.4 is 5.73 Å². The van der Waals surface area contributed by atoms with Gasteiger partial charge in [-0.05, 0) is 37.1 Å². The highest BCUT2D eigenvalue weighted by atomic mass is 32.2. The molecule has 0 saturated heterocycles. The van der Waals surface area contributed by atoms with E-state index < -0.39 is 0 Å². The van der Waals surface area contributed by atoms with Crippen LogP contribution in [-0.2, 0) is 6.54 Å². The van der Waals surface area contributed by atoms with Crippen molar-refractivity contribution < 1.29 is 0 Å². The lowest BCUT2D eigenvalue weighted by molar-refractivity contribution is 1.01. The van der Waals surface area contributed by atoms with Gasteiger partial charge in [0.1, 0.15) is 0 Å². The first-order valence-electron chi connectivity index (χ1n) is 5.74. The van der Waals surface area contributed by atoms with E-state index in [1.165, 1.54) is 26.5 Å². The maximum Gasteiger partial charge on any atom is 0.0196 e. The number of hydrogen-bond donors (Lipinski definition) is 1. The first kappa shape index (κ1) is 12.2. The van der Waals surface area contributed by atoms with Crippen LogP contribution in [-0.4, -0.2) is 0 Å². The van der Waals surface area contributed by atoms with Gasteiger partial charge in [0.25, 0.3) is 0 Å². The van der Waals surface area contributed by atoms with Crippen molar-refractivity contribution >= 4 is 11.8 Å². The summed E-state index contributed by atoms with van der Waals surface area (Å²) in [6.07, 6.45) is 0. The zero-order valence-electron chi connectivity index (χ0n) is 10.2. The second-order valence-electron chi connectivity index (χ2n) is 4.18. The second kappa shape index (κ2) is 5.39. The maximum atomic E-state index is 5.78. The van der Waals surface area contributed by atoms with Gasteiger partial charge in [-0.25, -0.2) is 0 Å². The predicted octanol–water partition coefficient (Wildman–Crippen LogP) is 3.91. The van der Waals surface area contributed by atoms with Gasteiger partial charge in [-0.3, -0.25) is 0 Å². The van der Waals surface area contributed by atoms with Crippen LogP contribution in [0.1, 0.15) is 16.7 Å². The van der Waals surface area contributed by atoms with Gasteiger partial charge < -0.3 is 5.73 Å². The van der Waals surface area contributed by atoms with Gasteiger partial charge in [0.2, 0.25) is 0 Å². The molecule has 0 radical (unpaired) electrons. The molecular weight excluding hydrogens is 226 g/mol. The summed E-state index contributed by atoms with van der Waals surface area (Å²) in [7, 11) is 0. The molecular formula is C15H17NS. The maximum absolute atomic E-state index is 5.78. The van der Waals surface area contributed by atoms with E-state index in [4.69, 9.17) is 5.73 Å². The zero-order valence-corrected chi connectivity index (χ0v) is 11.1. The Bertz CT molecular complexity index is 503. The topological polar surface area (TPSA) is 26.0 Å². The molecule has 2 heteroatoms. The van der Waals surface area contributed by atoms with E-state index >= 15 is 0 Å². The number of hydrogen-bond acceptors (Lipinski definition) is 2. The van der Waals surface area contributed by atoms with Crippen molar-refractivity contribution in [3.63, 3.8) is 0 Å². The first-order valence-corrected chi connectivity index (χ1v) is 6.55. The standard InChI is InChI=1S/C15H17NS/c1-11-6-8-14(9-7-11)17-15-12(2)4-3-5-13(15)10-16/h3-9H,10,16H2,1-2H3. The van der Waals surface area contributed by atoms with Crippen LogP contribution in [0.4, 0.5) is 0 Å². The highest BCUT2D eigenvalue weighted by Crippen LogP contribution is 2.33. The van der Waals surface area contributed by atoms with Gasteiger partial charge in [-0.1, -0.05) is 47.7 Å². The SMILES string of the molecule is Cc1ccc(Sc2c(C)cccc2CN)cc1. The summed E-state index contributed by atoms with van der Waals surface area (Å²) in [6, 6.07) is 14.9. The number of aryl methyl sites for hydroxylation is 2. The van der Waals surface area contributed by atoms with Crippen LogP contribution in [0.5, 0.6) is 0 Å². The molecule has 0 bridgehead atoms. The molecule has 0 fully saturated rings. The molecule has 0 aliphatic carbocycles. The molecule has 88 valence electrons. The Morgan fingerprint density at radius 3 is 2.35 bits per heavy atom. The van der Waals surface area contributed by atoms with E-state index in [2.05, 4.69) is 56.3 Å². The lowest BCUT2D eigenvalue weighted by atomic mass is 10.1. The number of benzene rings is 2. The van der Waals surface area contributed by atoms with Crippen molar-refractivity contribution in [2.45, 2.75) is 30.2 Å². The minimum absolute atomic E-state index is 0.593. The zero-order chi connectivity index (χ0) is 12.3. The second-order valence-corrected chi connectivity index (χ2v) is 5.27. The van der Waals surface area contributed by atoms with E-state index in [0.717, 1.165) is 0 Å². The summed E-state index contributed by atoms with van der Waals surface area (Å²) < 4.78 is 0. The molecule has 0 spiro atoms. The van der Waals surface area contributed by atoms with Gasteiger partial charge >= 0.3 is 0 Å². The molecule has 0 saturated carbocycles. The van der Waals surface area contributed by atoms with Crippen LogP contribution in [0.2, 0.25) is 0 Å². The quantitative estimate of drug-likeness (QED) is 0.884. The summed E-state index contributed by atoms with van der Waals surface area (Å²) in [5, 5.41) is 0. The van der Waals surface area contributed by atoms with Crippen molar-refractivity contribution in [3.8, 4) is 0 Å². The van der Waals surface area contributed by atoms with Crippen molar-refractivity contribution in [1.29, 1.82) is 0 Å². The van der Waals surface area contributed by atoms with Crippen molar-refractivity contribution in [3.05, 3.63) is 59.2 Å². The Kier molecular flexibility index (Phi) is 3.87. The molecule has 0 unspecified atom stereocenters. The van der Waals surface area contributed by atoms with E-state index in [0.29, 0.717) is 6.54 Å². The molecule has 17 heavy (non-hydrogen) atoms. The average molecular weight is 243 g/mol. The largest absolute Gasteiger partial charge is 0.326 e. The summed E-state index contributed by atoms with van der Waals surface area (Å²) in [5.41, 5.74) is 9.58. The van der Waals surface area contributed by atoms with E-state index in [1.54, 1.807) is 11.8 Å². The Labute approximate surface area is 107 Å². The van der Waals surface area contributed by atoms with Crippen molar-refractivity contribution in [2.24, 2.45) is 5.73 Å². The highest BCUT2D eigenvalue weighted by molar-refractivity contribution is 7.99. The van der Waals surface area contributed by atoms with Gasteiger partial charge in [-0.2, -0.15) is 0 Å². The predicted molar refractivity (Wildman–Crippen MR) is 74.4 cm³/mol. The van der Waals surface area contributed by atoms with Gasteiger partial charge in [0.05, 0.1) is 0 Å². The normalized spacial score (nSPS) is 10.5. The molecule has 0 amide bonds. The van der Waals surface area contributed by atoms with Gasteiger partial charge in [-0.15, -0.1) is 0 Å². The van der Waals surface area contributed by atoms with Gasteiger partial charge in [0.15, 0.2) is 0 Å². The number of rotatable bonds is 3. The fraction of sp³-hybridized carbons (Fsp3) is 0.200. The lowest BCUT2D eigenvalue weighted by Gasteiger charge is -2.10. The molecule has 0 aromatic heterocycles. The smallest absolute Gasteiger partial charge is 0.0196 e. The van der Waals surface area contributed by atoms with Crippen LogP contribution >= 0.6 is 11.8 Å².